The van der Waals surface area contributed by atoms with Gasteiger partial charge in [0.15, 0.2) is 0 Å². The van der Waals surface area contributed by atoms with Gasteiger partial charge in [-0.15, -0.1) is 23.1 Å². The van der Waals surface area contributed by atoms with Gasteiger partial charge in [0.25, 0.3) is 0 Å². The van der Waals surface area contributed by atoms with Gasteiger partial charge >= 0.3 is 0 Å². The van der Waals surface area contributed by atoms with Crippen LogP contribution < -0.4 is 5.32 Å². The molecule has 2 aliphatic rings. The largest absolute Gasteiger partial charge is 0.378 e. The van der Waals surface area contributed by atoms with E-state index in [1.165, 1.54) is 22.6 Å². The van der Waals surface area contributed by atoms with E-state index in [0.29, 0.717) is 18.1 Å². The zero-order valence-corrected chi connectivity index (χ0v) is 12.7. The minimum absolute atomic E-state index is 0.426. The monoisotopic (exact) mass is 283 g/mol. The van der Waals surface area contributed by atoms with Crippen molar-refractivity contribution < 1.29 is 4.74 Å². The van der Waals surface area contributed by atoms with Crippen LogP contribution in [0.15, 0.2) is 15.7 Å². The highest BCUT2D eigenvalue weighted by Gasteiger charge is 2.29. The van der Waals surface area contributed by atoms with Gasteiger partial charge in [-0.25, -0.2) is 0 Å². The molecule has 3 unspecified atom stereocenters. The Morgan fingerprint density at radius 3 is 3.11 bits per heavy atom. The first-order valence-electron chi connectivity index (χ1n) is 6.83. The molecular weight excluding hydrogens is 262 g/mol. The lowest BCUT2D eigenvalue weighted by Crippen LogP contribution is -2.32. The van der Waals surface area contributed by atoms with Crippen molar-refractivity contribution in [1.29, 1.82) is 0 Å². The normalized spacial score (nSPS) is 35.7. The maximum Gasteiger partial charge on any atom is 0.0649 e. The molecule has 4 atom stereocenters. The third-order valence-electron chi connectivity index (χ3n) is 4.07. The first kappa shape index (κ1) is 13.0. The number of fused-ring (bicyclic) bond motifs is 1. The summed E-state index contributed by atoms with van der Waals surface area (Å²) in [4.78, 5) is 0. The molecule has 0 saturated carbocycles. The van der Waals surface area contributed by atoms with Crippen molar-refractivity contribution >= 4 is 23.1 Å². The fourth-order valence-electron chi connectivity index (χ4n) is 2.88. The molecule has 4 heteroatoms. The Labute approximate surface area is 117 Å². The molecule has 18 heavy (non-hydrogen) atoms. The van der Waals surface area contributed by atoms with Crippen LogP contribution in [0.2, 0.25) is 0 Å². The second kappa shape index (κ2) is 5.53. The molecule has 3 heterocycles. The van der Waals surface area contributed by atoms with E-state index >= 15 is 0 Å². The van der Waals surface area contributed by atoms with Crippen molar-refractivity contribution in [1.82, 2.24) is 5.32 Å². The summed E-state index contributed by atoms with van der Waals surface area (Å²) in [7, 11) is 0. The Hall–Kier alpha value is -0.0300. The minimum atomic E-state index is 0.426. The van der Waals surface area contributed by atoms with Crippen LogP contribution >= 0.6 is 23.1 Å². The fourth-order valence-corrected chi connectivity index (χ4v) is 5.45. The number of hydrogen-bond acceptors (Lipinski definition) is 4. The number of hydrogen-bond donors (Lipinski definition) is 1. The van der Waals surface area contributed by atoms with Gasteiger partial charge < -0.3 is 10.1 Å². The van der Waals surface area contributed by atoms with Crippen LogP contribution in [-0.2, 0) is 4.74 Å². The van der Waals surface area contributed by atoms with Crippen LogP contribution in [0.25, 0.3) is 0 Å². The third kappa shape index (κ3) is 2.62. The summed E-state index contributed by atoms with van der Waals surface area (Å²) in [5.74, 6) is 0.692. The van der Waals surface area contributed by atoms with Crippen LogP contribution in [0.3, 0.4) is 0 Å². The van der Waals surface area contributed by atoms with E-state index in [4.69, 9.17) is 4.74 Å². The highest BCUT2D eigenvalue weighted by Crippen LogP contribution is 2.43. The highest BCUT2D eigenvalue weighted by molar-refractivity contribution is 8.01. The molecule has 0 amide bonds. The fraction of sp³-hybridized carbons (Fsp3) is 0.714. The Balaban J connectivity index is 1.63. The summed E-state index contributed by atoms with van der Waals surface area (Å²) in [6.45, 7) is 6.57. The first-order valence-corrected chi connectivity index (χ1v) is 8.59. The van der Waals surface area contributed by atoms with Gasteiger partial charge in [0, 0.05) is 24.4 Å². The van der Waals surface area contributed by atoms with Crippen molar-refractivity contribution in [2.24, 2.45) is 5.92 Å². The van der Waals surface area contributed by atoms with Gasteiger partial charge in [-0.1, -0.05) is 6.92 Å². The number of nitrogens with one attached hydrogen (secondary N) is 1. The standard InChI is InChI=1S/C14H21NOS2/c1-9-7-13(12-4-6-17-14(12)18-9)15-8-11-3-5-16-10(11)2/h4,6,9-11,13,15H,3,5,7-8H2,1-2H3/t9-,10?,11?,13?/m0/s1. The van der Waals surface area contributed by atoms with E-state index < -0.39 is 0 Å². The molecule has 0 aliphatic carbocycles. The number of rotatable bonds is 3. The van der Waals surface area contributed by atoms with Crippen molar-refractivity contribution in [2.75, 3.05) is 13.2 Å². The maximum absolute atomic E-state index is 5.64. The molecule has 1 aromatic rings. The molecule has 0 radical (unpaired) electrons. The topological polar surface area (TPSA) is 21.3 Å². The first-order chi connectivity index (χ1) is 8.74. The van der Waals surface area contributed by atoms with E-state index in [2.05, 4.69) is 30.6 Å². The summed E-state index contributed by atoms with van der Waals surface area (Å²) in [5.41, 5.74) is 1.52. The average Bonchev–Trinajstić information content (AvgIpc) is 2.94. The molecule has 0 bridgehead atoms. The van der Waals surface area contributed by atoms with E-state index in [-0.39, 0.29) is 0 Å². The summed E-state index contributed by atoms with van der Waals surface area (Å²) >= 11 is 3.92. The smallest absolute Gasteiger partial charge is 0.0649 e. The van der Waals surface area contributed by atoms with E-state index in [0.717, 1.165) is 18.4 Å². The van der Waals surface area contributed by atoms with Gasteiger partial charge in [0.2, 0.25) is 0 Å². The molecule has 100 valence electrons. The average molecular weight is 283 g/mol. The third-order valence-corrected chi connectivity index (χ3v) is 6.41. The minimum Gasteiger partial charge on any atom is -0.378 e. The molecule has 2 nitrogen and oxygen atoms in total. The van der Waals surface area contributed by atoms with E-state index in [9.17, 15) is 0 Å². The quantitative estimate of drug-likeness (QED) is 0.914. The molecule has 1 N–H and O–H groups in total. The molecule has 1 saturated heterocycles. The summed E-state index contributed by atoms with van der Waals surface area (Å²) in [5, 5.41) is 6.74. The predicted molar refractivity (Wildman–Crippen MR) is 78.5 cm³/mol. The van der Waals surface area contributed by atoms with E-state index in [1.54, 1.807) is 0 Å². The number of ether oxygens (including phenoxy) is 1. The zero-order chi connectivity index (χ0) is 12.5. The molecule has 3 rings (SSSR count). The summed E-state index contributed by atoms with van der Waals surface area (Å²) < 4.78 is 7.15. The van der Waals surface area contributed by atoms with Crippen LogP contribution in [0.4, 0.5) is 0 Å². The zero-order valence-electron chi connectivity index (χ0n) is 11.0. The van der Waals surface area contributed by atoms with Crippen LogP contribution in [0.5, 0.6) is 0 Å². The SMILES string of the molecule is CC1OCCC1CNC1C[C@H](C)Sc2sccc21. The molecular formula is C14H21NOS2. The van der Waals surface area contributed by atoms with Gasteiger partial charge in [-0.05, 0) is 42.7 Å². The summed E-state index contributed by atoms with van der Waals surface area (Å²) in [6, 6.07) is 2.85. The Kier molecular flexibility index (Phi) is 3.99. The lowest BCUT2D eigenvalue weighted by Gasteiger charge is -2.29. The van der Waals surface area contributed by atoms with Gasteiger partial charge in [-0.3, -0.25) is 0 Å². The van der Waals surface area contributed by atoms with Crippen molar-refractivity contribution in [3.63, 3.8) is 0 Å². The van der Waals surface area contributed by atoms with Gasteiger partial charge in [0.05, 0.1) is 10.3 Å². The second-order valence-electron chi connectivity index (χ2n) is 5.41. The second-order valence-corrected chi connectivity index (χ2v) is 8.04. The van der Waals surface area contributed by atoms with Gasteiger partial charge in [0.1, 0.15) is 0 Å². The molecule has 1 aromatic heterocycles. The lowest BCUT2D eigenvalue weighted by atomic mass is 10.00. The van der Waals surface area contributed by atoms with Gasteiger partial charge in [-0.2, -0.15) is 0 Å². The Morgan fingerprint density at radius 1 is 1.44 bits per heavy atom. The number of thiophene rings is 1. The van der Waals surface area contributed by atoms with Crippen LogP contribution in [0.1, 0.15) is 38.3 Å². The Bertz CT molecular complexity index is 406. The highest BCUT2D eigenvalue weighted by atomic mass is 32.2. The van der Waals surface area contributed by atoms with Crippen molar-refractivity contribution in [3.8, 4) is 0 Å². The van der Waals surface area contributed by atoms with Crippen molar-refractivity contribution in [2.45, 2.75) is 48.3 Å². The lowest BCUT2D eigenvalue weighted by molar-refractivity contribution is 0.104. The Morgan fingerprint density at radius 2 is 2.33 bits per heavy atom. The van der Waals surface area contributed by atoms with Crippen LogP contribution in [0, 0.1) is 5.92 Å². The van der Waals surface area contributed by atoms with Crippen molar-refractivity contribution in [3.05, 3.63) is 17.0 Å². The number of thioether (sulfide) groups is 1. The molecule has 0 spiro atoms. The van der Waals surface area contributed by atoms with Crippen LogP contribution in [-0.4, -0.2) is 24.5 Å². The predicted octanol–water partition coefficient (Wildman–Crippen LogP) is 3.69. The molecule has 2 aliphatic heterocycles. The molecule has 1 fully saturated rings. The van der Waals surface area contributed by atoms with E-state index in [1.807, 2.05) is 23.1 Å². The summed E-state index contributed by atoms with van der Waals surface area (Å²) in [6.07, 6.45) is 2.88. The molecule has 0 aromatic carbocycles. The maximum atomic E-state index is 5.64.